The molecule has 0 radical (unpaired) electrons. The number of aromatic nitrogens is 3. The SMILES string of the molecule is COc1cc(C=CC(=O)N2Cc3nn(C(C)(C)C)c(-n4cccc4)c3C2)cc(OC)c1OC. The first-order chi connectivity index (χ1) is 15.8. The maximum Gasteiger partial charge on any atom is 0.247 e. The van der Waals surface area contributed by atoms with Crippen molar-refractivity contribution in [1.29, 1.82) is 0 Å². The Morgan fingerprint density at radius 2 is 1.64 bits per heavy atom. The second-order valence-electron chi connectivity index (χ2n) is 8.91. The van der Waals surface area contributed by atoms with E-state index in [4.69, 9.17) is 19.3 Å². The molecule has 0 atom stereocenters. The van der Waals surface area contributed by atoms with E-state index >= 15 is 0 Å². The van der Waals surface area contributed by atoms with Crippen molar-refractivity contribution in [3.8, 4) is 23.1 Å². The van der Waals surface area contributed by atoms with E-state index in [0.29, 0.717) is 30.3 Å². The first kappa shape index (κ1) is 22.5. The molecule has 8 nitrogen and oxygen atoms in total. The summed E-state index contributed by atoms with van der Waals surface area (Å²) in [6, 6.07) is 7.60. The van der Waals surface area contributed by atoms with Crippen molar-refractivity contribution in [2.45, 2.75) is 39.4 Å². The zero-order chi connectivity index (χ0) is 23.8. The van der Waals surface area contributed by atoms with E-state index in [1.54, 1.807) is 38.4 Å². The van der Waals surface area contributed by atoms with Crippen molar-refractivity contribution in [3.05, 3.63) is 59.6 Å². The van der Waals surface area contributed by atoms with E-state index < -0.39 is 0 Å². The van der Waals surface area contributed by atoms with Gasteiger partial charge in [-0.2, -0.15) is 5.10 Å². The van der Waals surface area contributed by atoms with Crippen molar-refractivity contribution in [2.24, 2.45) is 0 Å². The number of ether oxygens (including phenoxy) is 3. The van der Waals surface area contributed by atoms with E-state index in [1.165, 1.54) is 0 Å². The lowest BCUT2D eigenvalue weighted by Gasteiger charge is -2.24. The Balaban J connectivity index is 1.58. The van der Waals surface area contributed by atoms with Gasteiger partial charge in [-0.1, -0.05) is 0 Å². The Bertz CT molecular complexity index is 1160. The molecule has 0 spiro atoms. The van der Waals surface area contributed by atoms with E-state index in [-0.39, 0.29) is 11.4 Å². The molecule has 1 aliphatic rings. The molecular weight excluding hydrogens is 420 g/mol. The normalized spacial score (nSPS) is 13.5. The van der Waals surface area contributed by atoms with Crippen molar-refractivity contribution >= 4 is 12.0 Å². The number of benzene rings is 1. The first-order valence-corrected chi connectivity index (χ1v) is 10.8. The highest BCUT2D eigenvalue weighted by Crippen LogP contribution is 2.38. The number of rotatable bonds is 6. The minimum atomic E-state index is -0.175. The van der Waals surface area contributed by atoms with Crippen LogP contribution in [0.15, 0.2) is 42.7 Å². The lowest BCUT2D eigenvalue weighted by Crippen LogP contribution is -2.29. The van der Waals surface area contributed by atoms with Crippen LogP contribution in [0.4, 0.5) is 0 Å². The fourth-order valence-electron chi connectivity index (χ4n) is 4.04. The number of nitrogens with zero attached hydrogens (tertiary/aromatic N) is 4. The van der Waals surface area contributed by atoms with Gasteiger partial charge in [0.25, 0.3) is 0 Å². The van der Waals surface area contributed by atoms with Crippen LogP contribution in [0.5, 0.6) is 17.2 Å². The van der Waals surface area contributed by atoms with Crippen LogP contribution >= 0.6 is 0 Å². The molecule has 0 saturated heterocycles. The van der Waals surface area contributed by atoms with Crippen LogP contribution in [-0.4, -0.2) is 46.5 Å². The van der Waals surface area contributed by atoms with Gasteiger partial charge in [0.2, 0.25) is 11.7 Å². The maximum atomic E-state index is 13.0. The Kier molecular flexibility index (Phi) is 5.93. The highest BCUT2D eigenvalue weighted by atomic mass is 16.5. The van der Waals surface area contributed by atoms with Gasteiger partial charge in [0.1, 0.15) is 5.82 Å². The number of carbonyl (C=O) groups excluding carboxylic acids is 1. The van der Waals surface area contributed by atoms with E-state index in [9.17, 15) is 4.79 Å². The van der Waals surface area contributed by atoms with Gasteiger partial charge in [0.15, 0.2) is 11.5 Å². The average molecular weight is 451 g/mol. The van der Waals surface area contributed by atoms with Gasteiger partial charge in [-0.05, 0) is 56.7 Å². The summed E-state index contributed by atoms with van der Waals surface area (Å²) in [6.07, 6.45) is 7.34. The molecule has 0 N–H and O–H groups in total. The van der Waals surface area contributed by atoms with Crippen LogP contribution < -0.4 is 14.2 Å². The van der Waals surface area contributed by atoms with Crippen molar-refractivity contribution in [3.63, 3.8) is 0 Å². The quantitative estimate of drug-likeness (QED) is 0.531. The third-order valence-electron chi connectivity index (χ3n) is 5.63. The van der Waals surface area contributed by atoms with Crippen molar-refractivity contribution < 1.29 is 19.0 Å². The predicted octanol–water partition coefficient (Wildman–Crippen LogP) is 4.01. The number of amides is 1. The maximum absolute atomic E-state index is 13.0. The van der Waals surface area contributed by atoms with Gasteiger partial charge in [-0.3, -0.25) is 4.79 Å². The highest BCUT2D eigenvalue weighted by Gasteiger charge is 2.33. The molecule has 8 heteroatoms. The zero-order valence-corrected chi connectivity index (χ0v) is 20.0. The van der Waals surface area contributed by atoms with Gasteiger partial charge in [-0.25, -0.2) is 4.68 Å². The van der Waals surface area contributed by atoms with Crippen LogP contribution in [-0.2, 0) is 23.4 Å². The summed E-state index contributed by atoms with van der Waals surface area (Å²) in [7, 11) is 4.69. The van der Waals surface area contributed by atoms with Crippen LogP contribution in [0.1, 0.15) is 37.6 Å². The minimum absolute atomic E-state index is 0.0810. The number of methoxy groups -OCH3 is 3. The third-order valence-corrected chi connectivity index (χ3v) is 5.63. The van der Waals surface area contributed by atoms with Gasteiger partial charge < -0.3 is 23.7 Å². The van der Waals surface area contributed by atoms with Gasteiger partial charge >= 0.3 is 0 Å². The standard InChI is InChI=1S/C25H30N4O4/c1-25(2,3)29-24(27-11-7-8-12-27)18-15-28(16-19(18)26-29)22(30)10-9-17-13-20(31-4)23(33-6)21(14-17)32-5/h7-14H,15-16H2,1-6H3. The third kappa shape index (κ3) is 4.20. The molecule has 3 heterocycles. The second-order valence-corrected chi connectivity index (χ2v) is 8.91. The molecular formula is C25H30N4O4. The van der Waals surface area contributed by atoms with Gasteiger partial charge in [-0.15, -0.1) is 0 Å². The van der Waals surface area contributed by atoms with Gasteiger partial charge in [0, 0.05) is 24.0 Å². The molecule has 0 fully saturated rings. The Morgan fingerprint density at radius 3 is 2.18 bits per heavy atom. The van der Waals surface area contributed by atoms with Crippen molar-refractivity contribution in [2.75, 3.05) is 21.3 Å². The molecule has 3 aromatic rings. The molecule has 0 saturated carbocycles. The highest BCUT2D eigenvalue weighted by molar-refractivity contribution is 5.92. The molecule has 1 aliphatic heterocycles. The summed E-state index contributed by atoms with van der Waals surface area (Å²) < 4.78 is 20.3. The minimum Gasteiger partial charge on any atom is -0.493 e. The Morgan fingerprint density at radius 1 is 1.00 bits per heavy atom. The molecule has 174 valence electrons. The largest absolute Gasteiger partial charge is 0.493 e. The number of carbonyl (C=O) groups is 1. The van der Waals surface area contributed by atoms with Crippen LogP contribution in [0.25, 0.3) is 11.9 Å². The molecule has 1 amide bonds. The first-order valence-electron chi connectivity index (χ1n) is 10.8. The number of fused-ring (bicyclic) bond motifs is 1. The molecule has 0 bridgehead atoms. The van der Waals surface area contributed by atoms with Crippen molar-refractivity contribution in [1.82, 2.24) is 19.2 Å². The Labute approximate surface area is 194 Å². The van der Waals surface area contributed by atoms with Gasteiger partial charge in [0.05, 0.1) is 45.7 Å². The van der Waals surface area contributed by atoms with Crippen LogP contribution in [0.2, 0.25) is 0 Å². The molecule has 33 heavy (non-hydrogen) atoms. The van der Waals surface area contributed by atoms with E-state index in [0.717, 1.165) is 22.6 Å². The molecule has 0 aliphatic carbocycles. The number of hydrogen-bond acceptors (Lipinski definition) is 5. The lowest BCUT2D eigenvalue weighted by molar-refractivity contribution is -0.126. The molecule has 2 aromatic heterocycles. The smallest absolute Gasteiger partial charge is 0.247 e. The summed E-state index contributed by atoms with van der Waals surface area (Å²) in [4.78, 5) is 14.8. The second kappa shape index (κ2) is 8.69. The molecule has 1 aromatic carbocycles. The zero-order valence-electron chi connectivity index (χ0n) is 20.0. The fraction of sp³-hybridized carbons (Fsp3) is 0.360. The summed E-state index contributed by atoms with van der Waals surface area (Å²) in [5.41, 5.74) is 2.62. The average Bonchev–Trinajstić information content (AvgIpc) is 3.51. The molecule has 4 rings (SSSR count). The topological polar surface area (TPSA) is 70.8 Å². The van der Waals surface area contributed by atoms with Crippen LogP contribution in [0.3, 0.4) is 0 Å². The number of hydrogen-bond donors (Lipinski definition) is 0. The fourth-order valence-corrected chi connectivity index (χ4v) is 4.04. The monoisotopic (exact) mass is 450 g/mol. The Hall–Kier alpha value is -3.68. The summed E-state index contributed by atoms with van der Waals surface area (Å²) >= 11 is 0. The van der Waals surface area contributed by atoms with E-state index in [1.807, 2.05) is 41.3 Å². The van der Waals surface area contributed by atoms with E-state index in [2.05, 4.69) is 25.3 Å². The van der Waals surface area contributed by atoms with Crippen LogP contribution in [0, 0.1) is 0 Å². The predicted molar refractivity (Wildman–Crippen MR) is 126 cm³/mol. The summed E-state index contributed by atoms with van der Waals surface area (Å²) in [5.74, 6) is 2.52. The lowest BCUT2D eigenvalue weighted by atomic mass is 10.1. The summed E-state index contributed by atoms with van der Waals surface area (Å²) in [5, 5.41) is 4.86. The summed E-state index contributed by atoms with van der Waals surface area (Å²) in [6.45, 7) is 7.38. The molecule has 0 unspecified atom stereocenters.